The van der Waals surface area contributed by atoms with Crippen molar-refractivity contribution in [1.82, 2.24) is 5.32 Å². The highest BCUT2D eigenvalue weighted by atomic mass is 19.3. The fourth-order valence-electron chi connectivity index (χ4n) is 1.20. The Hall–Kier alpha value is -0.750. The van der Waals surface area contributed by atoms with Crippen LogP contribution in [0.15, 0.2) is 0 Å². The number of halogens is 2. The van der Waals surface area contributed by atoms with E-state index in [4.69, 9.17) is 10.5 Å². The van der Waals surface area contributed by atoms with Gasteiger partial charge in [0.2, 0.25) is 5.91 Å². The summed E-state index contributed by atoms with van der Waals surface area (Å²) in [5, 5.41) is 2.75. The van der Waals surface area contributed by atoms with Crippen LogP contribution in [0.5, 0.6) is 0 Å². The monoisotopic (exact) mass is 224 g/mol. The zero-order valence-corrected chi connectivity index (χ0v) is 9.22. The molecule has 15 heavy (non-hydrogen) atoms. The number of ether oxygens (including phenoxy) is 1. The summed E-state index contributed by atoms with van der Waals surface area (Å²) in [7, 11) is 1.59. The molecule has 0 saturated heterocycles. The Bertz CT molecular complexity index is 214. The quantitative estimate of drug-likeness (QED) is 0.662. The molecule has 0 aliphatic heterocycles. The van der Waals surface area contributed by atoms with Gasteiger partial charge in [0.15, 0.2) is 0 Å². The Morgan fingerprint density at radius 1 is 1.60 bits per heavy atom. The van der Waals surface area contributed by atoms with Crippen molar-refractivity contribution in [2.24, 2.45) is 5.73 Å². The van der Waals surface area contributed by atoms with Crippen molar-refractivity contribution in [3.63, 3.8) is 0 Å². The van der Waals surface area contributed by atoms with Crippen molar-refractivity contribution in [2.45, 2.75) is 38.3 Å². The molecule has 0 aliphatic rings. The molecule has 0 spiro atoms. The van der Waals surface area contributed by atoms with E-state index < -0.39 is 30.6 Å². The molecule has 0 aromatic carbocycles. The van der Waals surface area contributed by atoms with Gasteiger partial charge in [-0.3, -0.25) is 4.79 Å². The molecule has 0 bridgehead atoms. The molecule has 3 N–H and O–H groups in total. The third-order valence-corrected chi connectivity index (χ3v) is 2.30. The summed E-state index contributed by atoms with van der Waals surface area (Å²) < 4.78 is 28.5. The summed E-state index contributed by atoms with van der Waals surface area (Å²) >= 11 is 0. The first-order valence-corrected chi connectivity index (χ1v) is 4.70. The number of rotatable bonds is 7. The predicted molar refractivity (Wildman–Crippen MR) is 52.7 cm³/mol. The lowest BCUT2D eigenvalue weighted by Gasteiger charge is -2.28. The molecule has 2 unspecified atom stereocenters. The van der Waals surface area contributed by atoms with Crippen LogP contribution in [0.3, 0.4) is 0 Å². The number of nitrogens with one attached hydrogen (secondary N) is 1. The van der Waals surface area contributed by atoms with Crippen molar-refractivity contribution in [3.05, 3.63) is 0 Å². The van der Waals surface area contributed by atoms with Gasteiger partial charge in [0.25, 0.3) is 6.43 Å². The van der Waals surface area contributed by atoms with Crippen LogP contribution in [0.25, 0.3) is 0 Å². The lowest BCUT2D eigenvalue weighted by molar-refractivity contribution is -0.125. The molecule has 6 heteroatoms. The topological polar surface area (TPSA) is 64.3 Å². The van der Waals surface area contributed by atoms with Crippen LogP contribution in [-0.2, 0) is 9.53 Å². The molecule has 0 fully saturated rings. The maximum Gasteiger partial charge on any atom is 0.261 e. The van der Waals surface area contributed by atoms with Crippen LogP contribution in [0.2, 0.25) is 0 Å². The first-order valence-electron chi connectivity index (χ1n) is 4.70. The van der Waals surface area contributed by atoms with Gasteiger partial charge < -0.3 is 15.8 Å². The Kier molecular flexibility index (Phi) is 5.67. The van der Waals surface area contributed by atoms with E-state index in [0.717, 1.165) is 0 Å². The Morgan fingerprint density at radius 2 is 2.13 bits per heavy atom. The molecule has 90 valence electrons. The van der Waals surface area contributed by atoms with Gasteiger partial charge in [0, 0.05) is 6.42 Å². The fraction of sp³-hybridized carbons (Fsp3) is 0.889. The minimum atomic E-state index is -2.50. The molecule has 0 heterocycles. The second-order valence-electron chi connectivity index (χ2n) is 3.69. The van der Waals surface area contributed by atoms with Crippen molar-refractivity contribution < 1.29 is 18.3 Å². The number of likely N-dealkylation sites (N-methyl/N-ethyl adjacent to an activating group) is 1. The van der Waals surface area contributed by atoms with Gasteiger partial charge >= 0.3 is 0 Å². The van der Waals surface area contributed by atoms with Gasteiger partial charge in [-0.25, -0.2) is 8.78 Å². The molecule has 1 amide bonds. The number of carbonyl (C=O) groups is 1. The maximum absolute atomic E-state index is 11.8. The number of nitrogens with two attached hydrogens (primary N) is 1. The predicted octanol–water partition coefficient (Wildman–Crippen LogP) is 0.510. The molecule has 0 rings (SSSR count). The Balaban J connectivity index is 4.13. The van der Waals surface area contributed by atoms with Crippen LogP contribution < -0.4 is 11.1 Å². The highest BCUT2D eigenvalue weighted by molar-refractivity contribution is 5.84. The van der Waals surface area contributed by atoms with Gasteiger partial charge in [-0.05, 0) is 20.9 Å². The normalized spacial score (nSPS) is 17.5. The van der Waals surface area contributed by atoms with Crippen LogP contribution in [0.1, 0.15) is 20.3 Å². The SMILES string of the molecule is CNC(C)(CC(C)OCC(F)F)C(N)=O. The summed E-state index contributed by atoms with van der Waals surface area (Å²) in [6.45, 7) is 2.61. The average Bonchev–Trinajstić information content (AvgIpc) is 2.14. The number of carbonyl (C=O) groups excluding carboxylic acids is 1. The van der Waals surface area contributed by atoms with Gasteiger partial charge in [-0.2, -0.15) is 0 Å². The third kappa shape index (κ3) is 5.03. The van der Waals surface area contributed by atoms with Crippen molar-refractivity contribution in [3.8, 4) is 0 Å². The molecular weight excluding hydrogens is 206 g/mol. The minimum Gasteiger partial charge on any atom is -0.372 e. The molecule has 2 atom stereocenters. The standard InChI is InChI=1S/C9H18F2N2O2/c1-6(15-5-7(10)11)4-9(2,13-3)8(12)14/h6-7,13H,4-5H2,1-3H3,(H2,12,14). The number of amides is 1. The van der Waals surface area contributed by atoms with E-state index in [2.05, 4.69) is 5.32 Å². The first-order chi connectivity index (χ1) is 6.81. The number of hydrogen-bond acceptors (Lipinski definition) is 3. The van der Waals surface area contributed by atoms with E-state index in [-0.39, 0.29) is 6.42 Å². The van der Waals surface area contributed by atoms with E-state index >= 15 is 0 Å². The molecule has 4 nitrogen and oxygen atoms in total. The number of hydrogen-bond donors (Lipinski definition) is 2. The first kappa shape index (κ1) is 14.2. The summed E-state index contributed by atoms with van der Waals surface area (Å²) in [6, 6.07) is 0. The van der Waals surface area contributed by atoms with Crippen LogP contribution in [0.4, 0.5) is 8.78 Å². The van der Waals surface area contributed by atoms with Crippen molar-refractivity contribution in [1.29, 1.82) is 0 Å². The minimum absolute atomic E-state index is 0.256. The molecule has 0 radical (unpaired) electrons. The fourth-order valence-corrected chi connectivity index (χ4v) is 1.20. The van der Waals surface area contributed by atoms with E-state index in [1.54, 1.807) is 20.9 Å². The Labute approximate surface area is 88.2 Å². The highest BCUT2D eigenvalue weighted by Gasteiger charge is 2.31. The molecule has 0 aliphatic carbocycles. The van der Waals surface area contributed by atoms with Crippen LogP contribution >= 0.6 is 0 Å². The van der Waals surface area contributed by atoms with Gasteiger partial charge in [0.05, 0.1) is 11.6 Å². The zero-order chi connectivity index (χ0) is 12.1. The van der Waals surface area contributed by atoms with Crippen LogP contribution in [0, 0.1) is 0 Å². The summed E-state index contributed by atoms with van der Waals surface area (Å²) in [4.78, 5) is 11.1. The van der Waals surface area contributed by atoms with E-state index in [0.29, 0.717) is 0 Å². The zero-order valence-electron chi connectivity index (χ0n) is 9.22. The van der Waals surface area contributed by atoms with Crippen molar-refractivity contribution >= 4 is 5.91 Å². The largest absolute Gasteiger partial charge is 0.372 e. The third-order valence-electron chi connectivity index (χ3n) is 2.30. The second-order valence-corrected chi connectivity index (χ2v) is 3.69. The summed E-state index contributed by atoms with van der Waals surface area (Å²) in [5.74, 6) is -0.530. The second kappa shape index (κ2) is 5.97. The van der Waals surface area contributed by atoms with Gasteiger partial charge in [-0.15, -0.1) is 0 Å². The molecule has 0 aromatic heterocycles. The van der Waals surface area contributed by atoms with E-state index in [9.17, 15) is 13.6 Å². The smallest absolute Gasteiger partial charge is 0.261 e. The molecular formula is C9H18F2N2O2. The highest BCUT2D eigenvalue weighted by Crippen LogP contribution is 2.14. The van der Waals surface area contributed by atoms with E-state index in [1.807, 2.05) is 0 Å². The van der Waals surface area contributed by atoms with E-state index in [1.165, 1.54) is 0 Å². The summed E-state index contributed by atoms with van der Waals surface area (Å²) in [6.07, 6.45) is -2.70. The lowest BCUT2D eigenvalue weighted by atomic mass is 9.94. The van der Waals surface area contributed by atoms with Crippen molar-refractivity contribution in [2.75, 3.05) is 13.7 Å². The maximum atomic E-state index is 11.8. The van der Waals surface area contributed by atoms with Gasteiger partial charge in [-0.1, -0.05) is 0 Å². The molecule has 0 saturated carbocycles. The molecule has 0 aromatic rings. The number of primary amides is 1. The van der Waals surface area contributed by atoms with Crippen LogP contribution in [-0.4, -0.2) is 37.6 Å². The summed E-state index contributed by atoms with van der Waals surface area (Å²) in [5.41, 5.74) is 4.25. The lowest BCUT2D eigenvalue weighted by Crippen LogP contribution is -2.53. The Morgan fingerprint density at radius 3 is 2.47 bits per heavy atom. The number of alkyl halides is 2. The average molecular weight is 224 g/mol. The van der Waals surface area contributed by atoms with Gasteiger partial charge in [0.1, 0.15) is 6.61 Å².